The summed E-state index contributed by atoms with van der Waals surface area (Å²) in [6, 6.07) is 52.3. The molecule has 0 atom stereocenters. The van der Waals surface area contributed by atoms with E-state index >= 15 is 0 Å². The number of aryl methyl sites for hydroxylation is 4. The molecule has 6 aromatic heterocycles. The number of hydrogen-bond acceptors (Lipinski definition) is 10. The molecule has 7 aromatic carbocycles. The zero-order valence-electron chi connectivity index (χ0n) is 41.3. The van der Waals surface area contributed by atoms with Gasteiger partial charge < -0.3 is 18.3 Å². The number of benzene rings is 7. The van der Waals surface area contributed by atoms with Gasteiger partial charge in [0.15, 0.2) is 0 Å². The van der Waals surface area contributed by atoms with Crippen molar-refractivity contribution >= 4 is 137 Å². The molecule has 76 heavy (non-hydrogen) atoms. The van der Waals surface area contributed by atoms with Crippen LogP contribution in [0.4, 0.5) is 0 Å². The summed E-state index contributed by atoms with van der Waals surface area (Å²) in [7, 11) is 8.47. The average molecular weight is 1050 g/mol. The lowest BCUT2D eigenvalue weighted by Gasteiger charge is -2.40. The first kappa shape index (κ1) is 43.5. The van der Waals surface area contributed by atoms with Crippen molar-refractivity contribution in [3.8, 4) is 45.6 Å². The van der Waals surface area contributed by atoms with Gasteiger partial charge in [0.25, 0.3) is 0 Å². The van der Waals surface area contributed by atoms with E-state index in [0.29, 0.717) is 0 Å². The second-order valence-corrected chi connectivity index (χ2v) is 24.2. The van der Waals surface area contributed by atoms with Crippen molar-refractivity contribution in [1.82, 2.24) is 48.2 Å². The SMILES string of the molecule is Cn1c(-c2ccc3c(c2)B2c4cc(-c5nc6ccccc6n5C)cnc4Sc4c5c6c(c(c42)S3)Sc2ccc(-c3nc4ccccc4n3C)cc2B6c2cc(-c3nc4ccccc4n3C)cnc2S5)nc2ccccc21. The molecule has 0 fully saturated rings. The zero-order chi connectivity index (χ0) is 50.2. The van der Waals surface area contributed by atoms with Crippen LogP contribution in [0.25, 0.3) is 89.7 Å². The summed E-state index contributed by atoms with van der Waals surface area (Å²) in [5, 5.41) is 2.02. The van der Waals surface area contributed by atoms with Crippen molar-refractivity contribution in [3.63, 3.8) is 0 Å². The van der Waals surface area contributed by atoms with E-state index in [-0.39, 0.29) is 13.4 Å². The van der Waals surface area contributed by atoms with Gasteiger partial charge in [-0.25, -0.2) is 29.9 Å². The molecule has 13 aromatic rings. The summed E-state index contributed by atoms with van der Waals surface area (Å²) in [6.45, 7) is -0.239. The second kappa shape index (κ2) is 15.9. The lowest BCUT2D eigenvalue weighted by Crippen LogP contribution is -2.63. The van der Waals surface area contributed by atoms with Gasteiger partial charge in [-0.15, -0.1) is 0 Å². The van der Waals surface area contributed by atoms with Crippen LogP contribution in [0.3, 0.4) is 0 Å². The molecule has 0 saturated heterocycles. The third-order valence-electron chi connectivity index (χ3n) is 16.0. The first-order chi connectivity index (χ1) is 37.3. The van der Waals surface area contributed by atoms with Crippen LogP contribution >= 0.6 is 47.0 Å². The van der Waals surface area contributed by atoms with Crippen LogP contribution in [0.15, 0.2) is 197 Å². The van der Waals surface area contributed by atoms with Crippen LogP contribution in [0.1, 0.15) is 0 Å². The third kappa shape index (κ3) is 6.03. The molecule has 16 heteroatoms. The zero-order valence-corrected chi connectivity index (χ0v) is 44.5. The van der Waals surface area contributed by atoms with E-state index in [1.54, 1.807) is 0 Å². The van der Waals surface area contributed by atoms with E-state index in [1.807, 2.05) is 59.4 Å². The topological polar surface area (TPSA) is 97.1 Å². The van der Waals surface area contributed by atoms with Crippen molar-refractivity contribution in [3.05, 3.63) is 158 Å². The Morgan fingerprint density at radius 3 is 1.01 bits per heavy atom. The molecule has 0 bridgehead atoms. The predicted octanol–water partition coefficient (Wildman–Crippen LogP) is 9.58. The fourth-order valence-corrected chi connectivity index (χ4v) is 17.6. The Balaban J connectivity index is 0.909. The predicted molar refractivity (Wildman–Crippen MR) is 312 cm³/mol. The van der Waals surface area contributed by atoms with Crippen LogP contribution in [0, 0.1) is 0 Å². The lowest BCUT2D eigenvalue weighted by molar-refractivity contribution is 0.955. The molecule has 0 spiro atoms. The van der Waals surface area contributed by atoms with Gasteiger partial charge in [-0.2, -0.15) is 0 Å². The van der Waals surface area contributed by atoms with Crippen molar-refractivity contribution in [1.29, 1.82) is 0 Å². The van der Waals surface area contributed by atoms with E-state index < -0.39 is 0 Å². The number of rotatable bonds is 4. The Morgan fingerprint density at radius 1 is 0.342 bits per heavy atom. The number of imidazole rings is 4. The minimum absolute atomic E-state index is 0.119. The minimum Gasteiger partial charge on any atom is -0.327 e. The van der Waals surface area contributed by atoms with Crippen molar-refractivity contribution in [2.45, 2.75) is 39.4 Å². The maximum absolute atomic E-state index is 5.44. The summed E-state index contributed by atoms with van der Waals surface area (Å²) in [5.41, 5.74) is 20.1. The summed E-state index contributed by atoms with van der Waals surface area (Å²) >= 11 is 7.47. The highest BCUT2D eigenvalue weighted by Crippen LogP contribution is 2.51. The Bertz CT molecular complexity index is 4180. The van der Waals surface area contributed by atoms with Crippen LogP contribution < -0.4 is 32.8 Å². The molecule has 0 N–H and O–H groups in total. The normalized spacial score (nSPS) is 13.8. The second-order valence-electron chi connectivity index (χ2n) is 20.1. The highest BCUT2D eigenvalue weighted by Gasteiger charge is 2.48. The first-order valence-electron chi connectivity index (χ1n) is 25.2. The number of fused-ring (bicyclic) bond motifs is 14. The van der Waals surface area contributed by atoms with Gasteiger partial charge in [0.1, 0.15) is 23.3 Å². The number of para-hydroxylation sites is 8. The van der Waals surface area contributed by atoms with Gasteiger partial charge in [-0.05, 0) is 82.5 Å². The number of aromatic nitrogens is 10. The lowest BCUT2D eigenvalue weighted by atomic mass is 9.34. The fourth-order valence-electron chi connectivity index (χ4n) is 12.4. The molecule has 10 nitrogen and oxygen atoms in total. The maximum Gasteiger partial charge on any atom is 0.249 e. The van der Waals surface area contributed by atoms with E-state index in [2.05, 4.69) is 192 Å². The standard InChI is InChI=1S/C60H38B2N10S4/c1-69-43-17-9-5-13-39(43)65-55(69)31-21-23-47-35(25-31)61-37-27-33(57-67-41-15-7-11-19-45(41)71(57)3)29-63-59(37)75-53-49(61)51(73-47)52-50-54(53)76-60-38(28-34(30-64-60)58-68-42-16-8-12-20-46(42)72(58)4)62(50)36-26-32(22-24-48(36)74-52)56-66-40-14-6-10-18-44(40)70(56)2/h5-30H,1-4H3. The molecule has 0 unspecified atom stereocenters. The van der Waals surface area contributed by atoms with Crippen LogP contribution in [0.5, 0.6) is 0 Å². The van der Waals surface area contributed by atoms with Gasteiger partial charge in [0, 0.05) is 92.2 Å². The summed E-state index contributed by atoms with van der Waals surface area (Å²) < 4.78 is 8.84. The van der Waals surface area contributed by atoms with Gasteiger partial charge in [-0.1, -0.05) is 143 Å². The summed E-state index contributed by atoms with van der Waals surface area (Å²) in [5.74, 6) is 3.69. The first-order valence-corrected chi connectivity index (χ1v) is 28.5. The number of nitrogens with zero attached hydrogens (tertiary/aromatic N) is 10. The average Bonchev–Trinajstić information content (AvgIpc) is 4.34. The van der Waals surface area contributed by atoms with E-state index in [4.69, 9.17) is 29.9 Å². The van der Waals surface area contributed by atoms with Gasteiger partial charge >= 0.3 is 0 Å². The Morgan fingerprint density at radius 2 is 0.658 bits per heavy atom. The smallest absolute Gasteiger partial charge is 0.249 e. The molecule has 0 radical (unpaired) electrons. The van der Waals surface area contributed by atoms with Crippen LogP contribution in [-0.2, 0) is 28.2 Å². The Hall–Kier alpha value is -7.75. The van der Waals surface area contributed by atoms with E-state index in [9.17, 15) is 0 Å². The van der Waals surface area contributed by atoms with Crippen molar-refractivity contribution in [2.24, 2.45) is 28.2 Å². The van der Waals surface area contributed by atoms with Gasteiger partial charge in [0.05, 0.1) is 54.2 Å². The highest BCUT2D eigenvalue weighted by atomic mass is 32.2. The Kier molecular flexibility index (Phi) is 9.10. The quantitative estimate of drug-likeness (QED) is 0.159. The molecular formula is C60H38B2N10S4. The third-order valence-corrected chi connectivity index (χ3v) is 21.0. The van der Waals surface area contributed by atoms with Crippen LogP contribution in [0.2, 0.25) is 0 Å². The minimum atomic E-state index is -0.119. The molecule has 17 rings (SSSR count). The highest BCUT2D eigenvalue weighted by molar-refractivity contribution is 8.05. The monoisotopic (exact) mass is 1050 g/mol. The molecule has 4 aliphatic heterocycles. The van der Waals surface area contributed by atoms with Crippen molar-refractivity contribution < 1.29 is 0 Å². The molecule has 0 aliphatic carbocycles. The van der Waals surface area contributed by atoms with E-state index in [0.717, 1.165) is 99.7 Å². The maximum atomic E-state index is 5.44. The summed E-state index contributed by atoms with van der Waals surface area (Å²) in [4.78, 5) is 39.3. The molecule has 10 heterocycles. The Labute approximate surface area is 453 Å². The fraction of sp³-hybridized carbons (Fsp3) is 0.0667. The number of hydrogen-bond donors (Lipinski definition) is 0. The molecule has 0 amide bonds. The van der Waals surface area contributed by atoms with Crippen LogP contribution in [-0.4, -0.2) is 61.6 Å². The van der Waals surface area contributed by atoms with Gasteiger partial charge in [-0.3, -0.25) is 0 Å². The molecule has 358 valence electrons. The molecular weight excluding hydrogens is 1010 g/mol. The van der Waals surface area contributed by atoms with Gasteiger partial charge in [0.2, 0.25) is 13.4 Å². The molecule has 4 aliphatic rings. The largest absolute Gasteiger partial charge is 0.327 e. The van der Waals surface area contributed by atoms with E-state index in [1.165, 1.54) is 62.1 Å². The molecule has 0 saturated carbocycles. The number of pyridine rings is 2. The summed E-state index contributed by atoms with van der Waals surface area (Å²) in [6.07, 6.45) is 4.06. The van der Waals surface area contributed by atoms with Crippen molar-refractivity contribution in [2.75, 3.05) is 0 Å².